The third kappa shape index (κ3) is 2.51. The van der Waals surface area contributed by atoms with Crippen molar-refractivity contribution < 1.29 is 8.78 Å². The van der Waals surface area contributed by atoms with Crippen LogP contribution in [0.2, 0.25) is 5.15 Å². The van der Waals surface area contributed by atoms with Gasteiger partial charge >= 0.3 is 0 Å². The van der Waals surface area contributed by atoms with Gasteiger partial charge in [0.25, 0.3) is 0 Å². The van der Waals surface area contributed by atoms with Crippen LogP contribution in [0.4, 0.5) is 8.78 Å². The SMILES string of the molecule is Cc1ccc(-c2nc(Cl)c3c(Br)ccc(F)c3n2)cc1F. The van der Waals surface area contributed by atoms with Gasteiger partial charge in [-0.15, -0.1) is 0 Å². The third-order valence-corrected chi connectivity index (χ3v) is 4.07. The quantitative estimate of drug-likeness (QED) is 0.544. The van der Waals surface area contributed by atoms with E-state index in [4.69, 9.17) is 11.6 Å². The standard InChI is InChI=1S/C15H8BrClF2N2/c1-7-2-3-8(6-11(7)19)15-20-13-10(18)5-4-9(16)12(13)14(17)21-15/h2-6H,1H3. The van der Waals surface area contributed by atoms with E-state index in [2.05, 4.69) is 25.9 Å². The molecular formula is C15H8BrClF2N2. The van der Waals surface area contributed by atoms with Gasteiger partial charge in [-0.05, 0) is 46.6 Å². The number of hydrogen-bond acceptors (Lipinski definition) is 2. The van der Waals surface area contributed by atoms with Gasteiger partial charge in [0.1, 0.15) is 22.3 Å². The summed E-state index contributed by atoms with van der Waals surface area (Å²) in [4.78, 5) is 8.31. The molecule has 0 atom stereocenters. The Hall–Kier alpha value is -1.59. The van der Waals surface area contributed by atoms with Crippen LogP contribution in [-0.2, 0) is 0 Å². The molecule has 0 aliphatic heterocycles. The number of aromatic nitrogens is 2. The maximum atomic E-state index is 13.9. The summed E-state index contributed by atoms with van der Waals surface area (Å²) >= 11 is 9.41. The van der Waals surface area contributed by atoms with Crippen LogP contribution in [0, 0.1) is 18.6 Å². The van der Waals surface area contributed by atoms with Gasteiger partial charge in [0.05, 0.1) is 5.39 Å². The topological polar surface area (TPSA) is 25.8 Å². The predicted molar refractivity (Wildman–Crippen MR) is 82.3 cm³/mol. The second kappa shape index (κ2) is 5.31. The van der Waals surface area contributed by atoms with Crippen molar-refractivity contribution in [3.63, 3.8) is 0 Å². The summed E-state index contributed by atoms with van der Waals surface area (Å²) in [6.45, 7) is 1.66. The molecule has 0 spiro atoms. The highest BCUT2D eigenvalue weighted by molar-refractivity contribution is 9.10. The number of aryl methyl sites for hydroxylation is 1. The zero-order chi connectivity index (χ0) is 15.1. The summed E-state index contributed by atoms with van der Waals surface area (Å²) in [6.07, 6.45) is 0. The molecule has 3 aromatic rings. The summed E-state index contributed by atoms with van der Waals surface area (Å²) in [7, 11) is 0. The molecule has 3 rings (SSSR count). The predicted octanol–water partition coefficient (Wildman–Crippen LogP) is 5.30. The van der Waals surface area contributed by atoms with Crippen LogP contribution in [0.25, 0.3) is 22.3 Å². The molecule has 0 saturated carbocycles. The molecule has 0 aliphatic rings. The number of nitrogens with zero attached hydrogens (tertiary/aromatic N) is 2. The van der Waals surface area contributed by atoms with Crippen molar-refractivity contribution in [1.29, 1.82) is 0 Å². The van der Waals surface area contributed by atoms with E-state index in [1.54, 1.807) is 19.1 Å². The van der Waals surface area contributed by atoms with E-state index in [-0.39, 0.29) is 22.3 Å². The summed E-state index contributed by atoms with van der Waals surface area (Å²) in [5, 5.41) is 0.510. The van der Waals surface area contributed by atoms with Crippen LogP contribution in [0.15, 0.2) is 34.8 Å². The van der Waals surface area contributed by atoms with E-state index >= 15 is 0 Å². The van der Waals surface area contributed by atoms with E-state index in [9.17, 15) is 8.78 Å². The molecule has 0 radical (unpaired) electrons. The van der Waals surface area contributed by atoms with Gasteiger partial charge in [-0.25, -0.2) is 18.7 Å². The lowest BCUT2D eigenvalue weighted by Crippen LogP contribution is -1.96. The summed E-state index contributed by atoms with van der Waals surface area (Å²) < 4.78 is 28.2. The molecule has 0 saturated heterocycles. The Balaban J connectivity index is 2.30. The summed E-state index contributed by atoms with van der Waals surface area (Å²) in [6, 6.07) is 7.42. The Morgan fingerprint density at radius 1 is 1.05 bits per heavy atom. The number of halogens is 4. The Bertz CT molecular complexity index is 868. The van der Waals surface area contributed by atoms with E-state index < -0.39 is 5.82 Å². The lowest BCUT2D eigenvalue weighted by Gasteiger charge is -2.07. The largest absolute Gasteiger partial charge is 0.225 e. The normalized spacial score (nSPS) is 11.1. The van der Waals surface area contributed by atoms with Crippen LogP contribution in [0.1, 0.15) is 5.56 Å². The van der Waals surface area contributed by atoms with E-state index in [0.717, 1.165) is 0 Å². The number of rotatable bonds is 1. The smallest absolute Gasteiger partial charge is 0.161 e. The fourth-order valence-electron chi connectivity index (χ4n) is 1.99. The van der Waals surface area contributed by atoms with Crippen molar-refractivity contribution in [3.8, 4) is 11.4 Å². The zero-order valence-corrected chi connectivity index (χ0v) is 13.1. The minimum absolute atomic E-state index is 0.0976. The second-order valence-corrected chi connectivity index (χ2v) is 5.77. The molecular weight excluding hydrogens is 362 g/mol. The van der Waals surface area contributed by atoms with Crippen molar-refractivity contribution in [3.05, 3.63) is 57.2 Å². The van der Waals surface area contributed by atoms with Crippen LogP contribution in [0.5, 0.6) is 0 Å². The molecule has 0 unspecified atom stereocenters. The Labute approximate surface area is 132 Å². The van der Waals surface area contributed by atoms with E-state index in [0.29, 0.717) is 21.0 Å². The average Bonchev–Trinajstić information content (AvgIpc) is 2.45. The lowest BCUT2D eigenvalue weighted by molar-refractivity contribution is 0.619. The van der Waals surface area contributed by atoms with Crippen LogP contribution >= 0.6 is 27.5 Å². The molecule has 0 fully saturated rings. The molecule has 21 heavy (non-hydrogen) atoms. The summed E-state index contributed by atoms with van der Waals surface area (Å²) in [5.41, 5.74) is 1.06. The van der Waals surface area contributed by atoms with E-state index in [1.165, 1.54) is 18.2 Å². The van der Waals surface area contributed by atoms with E-state index in [1.807, 2.05) is 0 Å². The van der Waals surface area contributed by atoms with Gasteiger partial charge in [0.2, 0.25) is 0 Å². The average molecular weight is 370 g/mol. The number of benzene rings is 2. The van der Waals surface area contributed by atoms with Gasteiger partial charge in [0.15, 0.2) is 5.82 Å². The first-order chi connectivity index (χ1) is 9.97. The van der Waals surface area contributed by atoms with Crippen molar-refractivity contribution in [2.75, 3.05) is 0 Å². The molecule has 106 valence electrons. The fraction of sp³-hybridized carbons (Fsp3) is 0.0667. The minimum Gasteiger partial charge on any atom is -0.225 e. The van der Waals surface area contributed by atoms with Crippen LogP contribution < -0.4 is 0 Å². The van der Waals surface area contributed by atoms with Crippen LogP contribution in [-0.4, -0.2) is 9.97 Å². The van der Waals surface area contributed by atoms with Gasteiger partial charge in [-0.3, -0.25) is 0 Å². The number of fused-ring (bicyclic) bond motifs is 1. The molecule has 2 aromatic carbocycles. The molecule has 0 bridgehead atoms. The van der Waals surface area contributed by atoms with Gasteiger partial charge in [-0.2, -0.15) is 0 Å². The molecule has 1 heterocycles. The molecule has 0 N–H and O–H groups in total. The van der Waals surface area contributed by atoms with Crippen molar-refractivity contribution in [1.82, 2.24) is 9.97 Å². The highest BCUT2D eigenvalue weighted by Gasteiger charge is 2.14. The molecule has 0 amide bonds. The Kier molecular flexibility index (Phi) is 3.63. The summed E-state index contributed by atoms with van der Waals surface area (Å²) in [5.74, 6) is -0.697. The molecule has 1 aromatic heterocycles. The first kappa shape index (κ1) is 14.4. The minimum atomic E-state index is -0.508. The van der Waals surface area contributed by atoms with Gasteiger partial charge < -0.3 is 0 Å². The van der Waals surface area contributed by atoms with Gasteiger partial charge in [0, 0.05) is 10.0 Å². The molecule has 0 aliphatic carbocycles. The Morgan fingerprint density at radius 3 is 2.52 bits per heavy atom. The molecule has 6 heteroatoms. The number of hydrogen-bond donors (Lipinski definition) is 0. The third-order valence-electron chi connectivity index (χ3n) is 3.14. The monoisotopic (exact) mass is 368 g/mol. The maximum Gasteiger partial charge on any atom is 0.161 e. The first-order valence-corrected chi connectivity index (χ1v) is 7.22. The highest BCUT2D eigenvalue weighted by atomic mass is 79.9. The zero-order valence-electron chi connectivity index (χ0n) is 10.8. The molecule has 2 nitrogen and oxygen atoms in total. The fourth-order valence-corrected chi connectivity index (χ4v) is 2.88. The van der Waals surface area contributed by atoms with Crippen molar-refractivity contribution >= 4 is 38.4 Å². The Morgan fingerprint density at radius 2 is 1.81 bits per heavy atom. The first-order valence-electron chi connectivity index (χ1n) is 6.05. The lowest BCUT2D eigenvalue weighted by atomic mass is 10.1. The van der Waals surface area contributed by atoms with Crippen molar-refractivity contribution in [2.24, 2.45) is 0 Å². The van der Waals surface area contributed by atoms with Crippen LogP contribution in [0.3, 0.4) is 0 Å². The highest BCUT2D eigenvalue weighted by Crippen LogP contribution is 2.32. The van der Waals surface area contributed by atoms with Gasteiger partial charge in [-0.1, -0.05) is 23.7 Å². The van der Waals surface area contributed by atoms with Crippen molar-refractivity contribution in [2.45, 2.75) is 6.92 Å². The maximum absolute atomic E-state index is 13.9. The second-order valence-electron chi connectivity index (χ2n) is 4.55.